The van der Waals surface area contributed by atoms with Crippen LogP contribution in [0.2, 0.25) is 0 Å². The van der Waals surface area contributed by atoms with E-state index in [0.717, 1.165) is 6.42 Å². The normalized spacial score (nSPS) is 19.4. The van der Waals surface area contributed by atoms with Crippen molar-refractivity contribution in [2.75, 3.05) is 6.54 Å². The molecule has 0 saturated carbocycles. The standard InChI is InChI=1S/C14H18ClNO/c1-9(2)13(15)8-16-14(17)12-7-10-5-3-4-6-11(10)12/h3-6,9,12-13H,7-8H2,1-2H3,(H,16,17). The minimum absolute atomic E-state index is 0.00858. The third-order valence-electron chi connectivity index (χ3n) is 3.37. The maximum atomic E-state index is 11.9. The van der Waals surface area contributed by atoms with Crippen molar-refractivity contribution in [3.63, 3.8) is 0 Å². The Morgan fingerprint density at radius 2 is 2.18 bits per heavy atom. The number of carbonyl (C=O) groups is 1. The number of hydrogen-bond donors (Lipinski definition) is 1. The molecule has 0 heterocycles. The SMILES string of the molecule is CC(C)C(Cl)CNC(=O)C1Cc2ccccc21. The van der Waals surface area contributed by atoms with Crippen LogP contribution in [0.15, 0.2) is 24.3 Å². The summed E-state index contributed by atoms with van der Waals surface area (Å²) in [4.78, 5) is 11.9. The van der Waals surface area contributed by atoms with Gasteiger partial charge in [-0.25, -0.2) is 0 Å². The van der Waals surface area contributed by atoms with E-state index in [1.807, 2.05) is 18.2 Å². The molecule has 0 aliphatic heterocycles. The number of carbonyl (C=O) groups excluding carboxylic acids is 1. The lowest BCUT2D eigenvalue weighted by molar-refractivity contribution is -0.123. The summed E-state index contributed by atoms with van der Waals surface area (Å²) < 4.78 is 0. The molecule has 1 N–H and O–H groups in total. The molecule has 1 aliphatic rings. The molecule has 0 bridgehead atoms. The molecule has 1 aromatic rings. The third-order valence-corrected chi connectivity index (χ3v) is 4.02. The van der Waals surface area contributed by atoms with E-state index in [1.165, 1.54) is 11.1 Å². The highest BCUT2D eigenvalue weighted by Gasteiger charge is 2.31. The van der Waals surface area contributed by atoms with E-state index in [0.29, 0.717) is 12.5 Å². The molecule has 2 unspecified atom stereocenters. The summed E-state index contributed by atoms with van der Waals surface area (Å²) in [5.41, 5.74) is 2.46. The van der Waals surface area contributed by atoms with Gasteiger partial charge in [-0.1, -0.05) is 38.1 Å². The molecule has 0 radical (unpaired) electrons. The summed E-state index contributed by atoms with van der Waals surface area (Å²) in [6.45, 7) is 4.67. The Morgan fingerprint density at radius 1 is 1.47 bits per heavy atom. The number of nitrogens with one attached hydrogen (secondary N) is 1. The van der Waals surface area contributed by atoms with Crippen molar-refractivity contribution in [1.29, 1.82) is 0 Å². The van der Waals surface area contributed by atoms with Crippen molar-refractivity contribution in [1.82, 2.24) is 5.32 Å². The van der Waals surface area contributed by atoms with Crippen LogP contribution < -0.4 is 5.32 Å². The van der Waals surface area contributed by atoms with Crippen LogP contribution in [-0.4, -0.2) is 17.8 Å². The van der Waals surface area contributed by atoms with Gasteiger partial charge >= 0.3 is 0 Å². The van der Waals surface area contributed by atoms with Crippen LogP contribution in [-0.2, 0) is 11.2 Å². The van der Waals surface area contributed by atoms with Crippen LogP contribution in [0.4, 0.5) is 0 Å². The van der Waals surface area contributed by atoms with Crippen LogP contribution in [0, 0.1) is 5.92 Å². The zero-order valence-electron chi connectivity index (χ0n) is 10.2. The van der Waals surface area contributed by atoms with Gasteiger partial charge in [-0.2, -0.15) is 0 Å². The fourth-order valence-electron chi connectivity index (χ4n) is 2.05. The molecular weight excluding hydrogens is 234 g/mol. The van der Waals surface area contributed by atoms with Gasteiger partial charge in [0.15, 0.2) is 0 Å². The second-order valence-corrected chi connectivity index (χ2v) is 5.52. The molecule has 0 aromatic heterocycles. The molecule has 1 aromatic carbocycles. The van der Waals surface area contributed by atoms with E-state index in [1.54, 1.807) is 0 Å². The summed E-state index contributed by atoms with van der Waals surface area (Å²) in [6.07, 6.45) is 0.858. The molecule has 0 saturated heterocycles. The third kappa shape index (κ3) is 2.63. The van der Waals surface area contributed by atoms with E-state index in [9.17, 15) is 4.79 Å². The van der Waals surface area contributed by atoms with Crippen LogP contribution in [0.3, 0.4) is 0 Å². The summed E-state index contributed by atoms with van der Waals surface area (Å²) in [5.74, 6) is 0.517. The average molecular weight is 252 g/mol. The van der Waals surface area contributed by atoms with Gasteiger partial charge in [-0.3, -0.25) is 4.79 Å². The van der Waals surface area contributed by atoms with E-state index in [-0.39, 0.29) is 17.2 Å². The Kier molecular flexibility index (Phi) is 3.72. The summed E-state index contributed by atoms with van der Waals surface area (Å²) in [6, 6.07) is 8.11. The number of fused-ring (bicyclic) bond motifs is 1. The lowest BCUT2D eigenvalue weighted by Crippen LogP contribution is -2.39. The highest BCUT2D eigenvalue weighted by atomic mass is 35.5. The van der Waals surface area contributed by atoms with Gasteiger partial charge in [-0.05, 0) is 23.5 Å². The van der Waals surface area contributed by atoms with Crippen LogP contribution in [0.5, 0.6) is 0 Å². The van der Waals surface area contributed by atoms with Crippen LogP contribution in [0.1, 0.15) is 30.9 Å². The predicted octanol–water partition coefficient (Wildman–Crippen LogP) is 2.71. The second kappa shape index (κ2) is 5.09. The van der Waals surface area contributed by atoms with Gasteiger partial charge in [-0.15, -0.1) is 11.6 Å². The van der Waals surface area contributed by atoms with Crippen molar-refractivity contribution in [3.05, 3.63) is 35.4 Å². The molecule has 2 atom stereocenters. The zero-order chi connectivity index (χ0) is 12.4. The van der Waals surface area contributed by atoms with E-state index >= 15 is 0 Å². The smallest absolute Gasteiger partial charge is 0.227 e. The van der Waals surface area contributed by atoms with Gasteiger partial charge in [0.05, 0.1) is 11.3 Å². The molecule has 0 spiro atoms. The van der Waals surface area contributed by atoms with Crippen LogP contribution >= 0.6 is 11.6 Å². The quantitative estimate of drug-likeness (QED) is 0.820. The number of benzene rings is 1. The van der Waals surface area contributed by atoms with Crippen molar-refractivity contribution in [2.45, 2.75) is 31.6 Å². The first-order chi connectivity index (χ1) is 8.09. The Balaban J connectivity index is 1.88. The lowest BCUT2D eigenvalue weighted by atomic mass is 9.77. The number of alkyl halides is 1. The predicted molar refractivity (Wildman–Crippen MR) is 70.4 cm³/mol. The monoisotopic (exact) mass is 251 g/mol. The minimum Gasteiger partial charge on any atom is -0.354 e. The molecule has 1 aliphatic carbocycles. The van der Waals surface area contributed by atoms with Crippen LogP contribution in [0.25, 0.3) is 0 Å². The Hall–Kier alpha value is -1.02. The molecular formula is C14H18ClNO. The first kappa shape index (κ1) is 12.4. The summed E-state index contributed by atoms with van der Waals surface area (Å²) >= 11 is 6.11. The minimum atomic E-state index is 0.00858. The van der Waals surface area contributed by atoms with Gasteiger partial charge in [0.1, 0.15) is 0 Å². The largest absolute Gasteiger partial charge is 0.354 e. The first-order valence-corrected chi connectivity index (χ1v) is 6.53. The second-order valence-electron chi connectivity index (χ2n) is 4.96. The topological polar surface area (TPSA) is 29.1 Å². The van der Waals surface area contributed by atoms with Crippen molar-refractivity contribution in [2.24, 2.45) is 5.92 Å². The highest BCUT2D eigenvalue weighted by Crippen LogP contribution is 2.34. The number of rotatable bonds is 4. The molecule has 1 amide bonds. The fourth-order valence-corrected chi connectivity index (χ4v) is 2.13. The fraction of sp³-hybridized carbons (Fsp3) is 0.500. The average Bonchev–Trinajstić information content (AvgIpc) is 2.27. The van der Waals surface area contributed by atoms with E-state index < -0.39 is 0 Å². The molecule has 17 heavy (non-hydrogen) atoms. The first-order valence-electron chi connectivity index (χ1n) is 6.09. The zero-order valence-corrected chi connectivity index (χ0v) is 11.0. The maximum Gasteiger partial charge on any atom is 0.227 e. The molecule has 3 heteroatoms. The Bertz CT molecular complexity index is 416. The molecule has 0 fully saturated rings. The van der Waals surface area contributed by atoms with Gasteiger partial charge in [0, 0.05) is 6.54 Å². The number of halogens is 1. The Morgan fingerprint density at radius 3 is 2.82 bits per heavy atom. The van der Waals surface area contributed by atoms with Gasteiger partial charge in [0.25, 0.3) is 0 Å². The maximum absolute atomic E-state index is 11.9. The highest BCUT2D eigenvalue weighted by molar-refractivity contribution is 6.21. The van der Waals surface area contributed by atoms with Crippen molar-refractivity contribution in [3.8, 4) is 0 Å². The molecule has 2 nitrogen and oxygen atoms in total. The van der Waals surface area contributed by atoms with E-state index in [2.05, 4.69) is 25.2 Å². The lowest BCUT2D eigenvalue weighted by Gasteiger charge is -2.29. The van der Waals surface area contributed by atoms with Crippen molar-refractivity contribution >= 4 is 17.5 Å². The van der Waals surface area contributed by atoms with Gasteiger partial charge < -0.3 is 5.32 Å². The number of hydrogen-bond acceptors (Lipinski definition) is 1. The van der Waals surface area contributed by atoms with Crippen molar-refractivity contribution < 1.29 is 4.79 Å². The van der Waals surface area contributed by atoms with E-state index in [4.69, 9.17) is 11.6 Å². The van der Waals surface area contributed by atoms with Gasteiger partial charge in [0.2, 0.25) is 5.91 Å². The summed E-state index contributed by atoms with van der Waals surface area (Å²) in [7, 11) is 0. The molecule has 2 rings (SSSR count). The summed E-state index contributed by atoms with van der Waals surface area (Å²) in [5, 5.41) is 2.94. The Labute approximate surface area is 107 Å². The molecule has 92 valence electrons. The number of amides is 1.